The fourth-order valence-corrected chi connectivity index (χ4v) is 4.99. The minimum atomic E-state index is -1.19. The van der Waals surface area contributed by atoms with Crippen LogP contribution >= 0.6 is 0 Å². The van der Waals surface area contributed by atoms with Crippen LogP contribution in [0.5, 0.6) is 0 Å². The van der Waals surface area contributed by atoms with Gasteiger partial charge in [-0.2, -0.15) is 0 Å². The summed E-state index contributed by atoms with van der Waals surface area (Å²) in [5, 5.41) is 22.4. The van der Waals surface area contributed by atoms with E-state index in [0.29, 0.717) is 43.1 Å². The van der Waals surface area contributed by atoms with Crippen molar-refractivity contribution in [2.24, 2.45) is 0 Å². The molecule has 1 amide bonds. The quantitative estimate of drug-likeness (QED) is 0.173. The summed E-state index contributed by atoms with van der Waals surface area (Å²) in [5.74, 6) is 0.338. The van der Waals surface area contributed by atoms with E-state index in [0.717, 1.165) is 6.04 Å². The first-order valence-electron chi connectivity index (χ1n) is 13.1. The molecule has 0 unspecified atom stereocenters. The highest BCUT2D eigenvalue weighted by molar-refractivity contribution is 6.76. The predicted octanol–water partition coefficient (Wildman–Crippen LogP) is 4.43. The summed E-state index contributed by atoms with van der Waals surface area (Å²) in [5.41, 5.74) is -0.0901. The lowest BCUT2D eigenvalue weighted by atomic mass is 9.88. The largest absolute Gasteiger partial charge is 0.444 e. The number of rotatable bonds is 11. The Hall–Kier alpha value is -3.10. The van der Waals surface area contributed by atoms with Crippen LogP contribution in [0.3, 0.4) is 0 Å². The second-order valence-electron chi connectivity index (χ2n) is 12.0. The highest BCUT2D eigenvalue weighted by Crippen LogP contribution is 2.31. The molecule has 1 aliphatic carbocycles. The fourth-order valence-electron chi connectivity index (χ4n) is 4.23. The molecule has 1 aliphatic rings. The van der Waals surface area contributed by atoms with Crippen LogP contribution in [0, 0.1) is 10.1 Å². The van der Waals surface area contributed by atoms with Crippen molar-refractivity contribution >= 4 is 25.5 Å². The van der Waals surface area contributed by atoms with Gasteiger partial charge in [0.25, 0.3) is 0 Å². The first-order chi connectivity index (χ1) is 18.2. The lowest BCUT2D eigenvalue weighted by Crippen LogP contribution is -2.47. The number of hydrogen-bond acceptors (Lipinski definition) is 10. The van der Waals surface area contributed by atoms with Crippen LogP contribution in [0.2, 0.25) is 25.7 Å². The van der Waals surface area contributed by atoms with E-state index in [1.165, 1.54) is 6.20 Å². The number of carbonyl (C=O) groups is 1. The zero-order valence-electron chi connectivity index (χ0n) is 23.9. The van der Waals surface area contributed by atoms with Gasteiger partial charge in [-0.25, -0.2) is 19.4 Å². The molecule has 2 aromatic rings. The van der Waals surface area contributed by atoms with Crippen molar-refractivity contribution < 1.29 is 23.9 Å². The molecule has 0 aromatic carbocycles. The highest BCUT2D eigenvalue weighted by atomic mass is 28.3. The molecule has 0 aliphatic heterocycles. The molecule has 1 saturated carbocycles. The molecule has 1 fully saturated rings. The first-order valence-corrected chi connectivity index (χ1v) is 16.8. The van der Waals surface area contributed by atoms with Gasteiger partial charge < -0.3 is 24.8 Å². The van der Waals surface area contributed by atoms with E-state index in [9.17, 15) is 14.9 Å². The van der Waals surface area contributed by atoms with Crippen LogP contribution < -0.4 is 10.6 Å². The Balaban J connectivity index is 1.72. The standard InChI is InChI=1S/C25H41N7O6Si/c1-25(2,3)38-24(33)29-18-10-17(11-19(12-18)36-4)28-20-13-21(26-14-22(20)32(34)35)23-27-15-31(30-23)16-37-8-9-39(5,6)7/h13-15,17-19H,8-12,16H2,1-7H3,(H,26,28)(H,29,33)/t17-,18+,19+/m0/s1. The summed E-state index contributed by atoms with van der Waals surface area (Å²) >= 11 is 0. The number of pyridine rings is 1. The van der Waals surface area contributed by atoms with Gasteiger partial charge in [0.2, 0.25) is 0 Å². The monoisotopic (exact) mass is 563 g/mol. The number of aromatic nitrogens is 4. The Labute approximate surface area is 230 Å². The van der Waals surface area contributed by atoms with Crippen LogP contribution in [-0.4, -0.2) is 76.3 Å². The lowest BCUT2D eigenvalue weighted by Gasteiger charge is -2.35. The number of methoxy groups -OCH3 is 1. The van der Waals surface area contributed by atoms with Crippen molar-refractivity contribution in [1.82, 2.24) is 25.1 Å². The van der Waals surface area contributed by atoms with E-state index in [-0.39, 0.29) is 30.6 Å². The molecule has 2 heterocycles. The summed E-state index contributed by atoms with van der Waals surface area (Å²) in [7, 11) is 0.424. The number of hydrogen-bond donors (Lipinski definition) is 2. The van der Waals surface area contributed by atoms with Crippen LogP contribution in [0.15, 0.2) is 18.6 Å². The summed E-state index contributed by atoms with van der Waals surface area (Å²) in [4.78, 5) is 32.2. The molecule has 2 aromatic heterocycles. The van der Waals surface area contributed by atoms with Gasteiger partial charge in [0.15, 0.2) is 5.82 Å². The maximum atomic E-state index is 12.3. The molecule has 0 spiro atoms. The third-order valence-electron chi connectivity index (χ3n) is 6.14. The molecule has 2 N–H and O–H groups in total. The second-order valence-corrected chi connectivity index (χ2v) is 17.7. The van der Waals surface area contributed by atoms with E-state index in [4.69, 9.17) is 14.2 Å². The fraction of sp³-hybridized carbons (Fsp3) is 0.680. The van der Waals surface area contributed by atoms with E-state index >= 15 is 0 Å². The average Bonchev–Trinajstić information content (AvgIpc) is 3.28. The number of amides is 1. The SMILES string of the molecule is CO[C@H]1C[C@H](NC(=O)OC(C)(C)C)C[C@H](Nc2cc(-c3ncn(COCC[Si](C)(C)C)n3)ncc2[N+](=O)[O-])C1. The number of anilines is 1. The van der Waals surface area contributed by atoms with E-state index in [1.54, 1.807) is 45.0 Å². The van der Waals surface area contributed by atoms with Gasteiger partial charge >= 0.3 is 11.8 Å². The Morgan fingerprint density at radius 2 is 1.92 bits per heavy atom. The van der Waals surface area contributed by atoms with Gasteiger partial charge in [0.1, 0.15) is 36.2 Å². The zero-order valence-corrected chi connectivity index (χ0v) is 24.9. The molecular formula is C25H41N7O6Si. The van der Waals surface area contributed by atoms with Crippen molar-refractivity contribution in [2.45, 2.75) is 96.2 Å². The Kier molecular flexibility index (Phi) is 10.0. The average molecular weight is 564 g/mol. The number of nitrogens with zero attached hydrogens (tertiary/aromatic N) is 5. The van der Waals surface area contributed by atoms with Crippen molar-refractivity contribution in [3.63, 3.8) is 0 Å². The van der Waals surface area contributed by atoms with Gasteiger partial charge in [-0.1, -0.05) is 19.6 Å². The van der Waals surface area contributed by atoms with E-state index < -0.39 is 24.7 Å². The molecule has 0 saturated heterocycles. The maximum absolute atomic E-state index is 12.3. The Morgan fingerprint density at radius 1 is 1.21 bits per heavy atom. The van der Waals surface area contributed by atoms with Crippen molar-refractivity contribution in [3.05, 3.63) is 28.7 Å². The number of ether oxygens (including phenoxy) is 3. The van der Waals surface area contributed by atoms with Crippen molar-refractivity contribution in [1.29, 1.82) is 0 Å². The molecule has 39 heavy (non-hydrogen) atoms. The van der Waals surface area contributed by atoms with Crippen LogP contribution in [0.1, 0.15) is 40.0 Å². The highest BCUT2D eigenvalue weighted by Gasteiger charge is 2.32. The molecule has 0 radical (unpaired) electrons. The summed E-state index contributed by atoms with van der Waals surface area (Å²) in [6, 6.07) is 2.20. The molecule has 216 valence electrons. The first kappa shape index (κ1) is 30.4. The lowest BCUT2D eigenvalue weighted by molar-refractivity contribution is -0.384. The summed E-state index contributed by atoms with van der Waals surface area (Å²) < 4.78 is 18.3. The Bertz CT molecular complexity index is 1130. The Morgan fingerprint density at radius 3 is 2.56 bits per heavy atom. The number of nitro groups is 1. The second kappa shape index (κ2) is 12.8. The van der Waals surface area contributed by atoms with Gasteiger partial charge in [-0.15, -0.1) is 5.10 Å². The number of alkyl carbamates (subject to hydrolysis) is 1. The maximum Gasteiger partial charge on any atom is 0.407 e. The molecule has 14 heteroatoms. The molecule has 0 bridgehead atoms. The van der Waals surface area contributed by atoms with E-state index in [2.05, 4.69) is 45.3 Å². The topological polar surface area (TPSA) is 156 Å². The third kappa shape index (κ3) is 9.86. The van der Waals surface area contributed by atoms with Crippen LogP contribution in [-0.2, 0) is 20.9 Å². The van der Waals surface area contributed by atoms with Gasteiger partial charge in [0, 0.05) is 33.9 Å². The van der Waals surface area contributed by atoms with Crippen molar-refractivity contribution in [3.8, 4) is 11.5 Å². The summed E-state index contributed by atoms with van der Waals surface area (Å²) in [6.45, 7) is 13.2. The zero-order chi connectivity index (χ0) is 28.8. The number of nitrogens with one attached hydrogen (secondary N) is 2. The molecule has 3 atom stereocenters. The smallest absolute Gasteiger partial charge is 0.407 e. The summed E-state index contributed by atoms with van der Waals surface area (Å²) in [6.07, 6.45) is 3.86. The van der Waals surface area contributed by atoms with Crippen LogP contribution in [0.4, 0.5) is 16.2 Å². The van der Waals surface area contributed by atoms with Crippen molar-refractivity contribution in [2.75, 3.05) is 19.0 Å². The van der Waals surface area contributed by atoms with E-state index in [1.807, 2.05) is 0 Å². The van der Waals surface area contributed by atoms with Gasteiger partial charge in [-0.3, -0.25) is 10.1 Å². The minimum absolute atomic E-state index is 0.144. The normalized spacial score (nSPS) is 19.9. The predicted molar refractivity (Wildman–Crippen MR) is 149 cm³/mol. The van der Waals surface area contributed by atoms with Crippen LogP contribution in [0.25, 0.3) is 11.5 Å². The third-order valence-corrected chi connectivity index (χ3v) is 7.85. The van der Waals surface area contributed by atoms with Gasteiger partial charge in [-0.05, 0) is 52.1 Å². The minimum Gasteiger partial charge on any atom is -0.444 e. The molecule has 13 nitrogen and oxygen atoms in total. The number of carbonyl (C=O) groups excluding carboxylic acids is 1. The van der Waals surface area contributed by atoms with Gasteiger partial charge in [0.05, 0.1) is 11.0 Å². The molecular weight excluding hydrogens is 522 g/mol. The molecule has 3 rings (SSSR count).